The highest BCUT2D eigenvalue weighted by atomic mass is 32.2. The Morgan fingerprint density at radius 2 is 1.93 bits per heavy atom. The van der Waals surface area contributed by atoms with Gasteiger partial charge in [-0.1, -0.05) is 24.0 Å². The van der Waals surface area contributed by atoms with Crippen LogP contribution < -0.4 is 9.64 Å². The maximum Gasteiger partial charge on any atom is 0.337 e. The van der Waals surface area contributed by atoms with E-state index < -0.39 is 28.2 Å². The fraction of sp³-hybridized carbons (Fsp3) is 0.105. The molecule has 1 aliphatic rings. The van der Waals surface area contributed by atoms with Crippen molar-refractivity contribution in [1.82, 2.24) is 0 Å². The highest BCUT2D eigenvalue weighted by molar-refractivity contribution is 8.27. The lowest BCUT2D eigenvalue weighted by Crippen LogP contribution is -2.27. The van der Waals surface area contributed by atoms with Gasteiger partial charge in [0, 0.05) is 6.07 Å². The van der Waals surface area contributed by atoms with Crippen molar-refractivity contribution in [3.05, 3.63) is 62.5 Å². The van der Waals surface area contributed by atoms with E-state index in [0.29, 0.717) is 11.3 Å². The molecule has 154 valence electrons. The molecule has 30 heavy (non-hydrogen) atoms. The minimum atomic E-state index is -0.747. The smallest absolute Gasteiger partial charge is 0.337 e. The van der Waals surface area contributed by atoms with Crippen molar-refractivity contribution in [2.24, 2.45) is 0 Å². The van der Waals surface area contributed by atoms with E-state index in [-0.39, 0.29) is 20.5 Å². The number of methoxy groups -OCH3 is 2. The molecule has 0 saturated carbocycles. The summed E-state index contributed by atoms with van der Waals surface area (Å²) in [7, 11) is 2.53. The Balaban J connectivity index is 1.95. The molecule has 3 rings (SSSR count). The van der Waals surface area contributed by atoms with E-state index in [9.17, 15) is 24.8 Å². The number of thiocarbonyl (C=S) groups is 1. The molecule has 1 saturated heterocycles. The number of carbonyl (C=O) groups is 2. The first kappa shape index (κ1) is 21.3. The molecule has 0 radical (unpaired) electrons. The monoisotopic (exact) mass is 446 g/mol. The average molecular weight is 446 g/mol. The van der Waals surface area contributed by atoms with Gasteiger partial charge in [-0.3, -0.25) is 19.8 Å². The molecule has 0 unspecified atom stereocenters. The third-order valence-corrected chi connectivity index (χ3v) is 5.43. The number of rotatable bonds is 5. The number of benzene rings is 2. The fourth-order valence-electron chi connectivity index (χ4n) is 2.70. The Morgan fingerprint density at radius 1 is 1.27 bits per heavy atom. The number of nitro groups is 1. The Labute approximate surface area is 180 Å². The molecular weight excluding hydrogens is 432 g/mol. The van der Waals surface area contributed by atoms with Gasteiger partial charge in [-0.15, -0.1) is 0 Å². The fourth-order valence-corrected chi connectivity index (χ4v) is 4.00. The van der Waals surface area contributed by atoms with Gasteiger partial charge in [-0.2, -0.15) is 0 Å². The van der Waals surface area contributed by atoms with E-state index in [2.05, 4.69) is 4.74 Å². The molecule has 1 heterocycles. The highest BCUT2D eigenvalue weighted by Crippen LogP contribution is 2.40. The predicted molar refractivity (Wildman–Crippen MR) is 115 cm³/mol. The SMILES string of the molecule is COC(=O)c1ccc(N2C(=O)C(=Cc3cc(OC)c(O)c([N+](=O)[O-])c3)SC2=S)cc1. The first-order valence-electron chi connectivity index (χ1n) is 8.28. The summed E-state index contributed by atoms with van der Waals surface area (Å²) in [4.78, 5) is 36.4. The number of phenolic OH excluding ortho intramolecular Hbond substituents is 1. The number of aromatic hydroxyl groups is 1. The number of hydrogen-bond acceptors (Lipinski definition) is 9. The number of nitrogens with zero attached hydrogens (tertiary/aromatic N) is 2. The van der Waals surface area contributed by atoms with E-state index in [1.54, 1.807) is 12.1 Å². The molecule has 11 heteroatoms. The minimum absolute atomic E-state index is 0.0932. The molecule has 1 aliphatic heterocycles. The molecule has 1 fully saturated rings. The summed E-state index contributed by atoms with van der Waals surface area (Å²) in [5.41, 5.74) is 0.529. The molecule has 0 aliphatic carbocycles. The topological polar surface area (TPSA) is 119 Å². The lowest BCUT2D eigenvalue weighted by atomic mass is 10.1. The van der Waals surface area contributed by atoms with Crippen molar-refractivity contribution in [3.63, 3.8) is 0 Å². The highest BCUT2D eigenvalue weighted by Gasteiger charge is 2.33. The van der Waals surface area contributed by atoms with Gasteiger partial charge in [0.1, 0.15) is 0 Å². The number of ether oxygens (including phenoxy) is 2. The van der Waals surface area contributed by atoms with E-state index >= 15 is 0 Å². The summed E-state index contributed by atoms with van der Waals surface area (Å²) in [6.45, 7) is 0. The lowest BCUT2D eigenvalue weighted by Gasteiger charge is -2.14. The number of carbonyl (C=O) groups excluding carboxylic acids is 2. The summed E-state index contributed by atoms with van der Waals surface area (Å²) in [5.74, 6) is -1.62. The molecule has 2 aromatic rings. The van der Waals surface area contributed by atoms with Gasteiger partial charge in [0.05, 0.1) is 35.3 Å². The molecule has 0 aromatic heterocycles. The molecule has 0 spiro atoms. The predicted octanol–water partition coefficient (Wildman–Crippen LogP) is 3.50. The van der Waals surface area contributed by atoms with E-state index in [1.165, 1.54) is 43.4 Å². The van der Waals surface area contributed by atoms with Crippen molar-refractivity contribution in [3.8, 4) is 11.5 Å². The van der Waals surface area contributed by atoms with Gasteiger partial charge < -0.3 is 14.6 Å². The summed E-state index contributed by atoms with van der Waals surface area (Å²) in [6, 6.07) is 8.66. The molecule has 0 bridgehead atoms. The first-order valence-corrected chi connectivity index (χ1v) is 9.51. The standard InChI is InChI=1S/C19H14N2O7S2/c1-27-14-8-10(7-13(16(14)22)21(25)26)9-15-17(23)20(19(29)30-15)12-5-3-11(4-6-12)18(24)28-2/h3-9,22H,1-2H3. The summed E-state index contributed by atoms with van der Waals surface area (Å²) < 4.78 is 9.88. The van der Waals surface area contributed by atoms with Crippen LogP contribution in [0.3, 0.4) is 0 Å². The van der Waals surface area contributed by atoms with Gasteiger partial charge >= 0.3 is 11.7 Å². The van der Waals surface area contributed by atoms with Gasteiger partial charge in [-0.05, 0) is 42.0 Å². The van der Waals surface area contributed by atoms with Gasteiger partial charge in [0.25, 0.3) is 5.91 Å². The van der Waals surface area contributed by atoms with Crippen LogP contribution in [0.15, 0.2) is 41.3 Å². The number of thioether (sulfide) groups is 1. The van der Waals surface area contributed by atoms with Crippen molar-refractivity contribution in [2.45, 2.75) is 0 Å². The van der Waals surface area contributed by atoms with Crippen LogP contribution in [0.2, 0.25) is 0 Å². The maximum absolute atomic E-state index is 12.9. The van der Waals surface area contributed by atoms with Crippen LogP contribution in [0.25, 0.3) is 6.08 Å². The van der Waals surface area contributed by atoms with Crippen LogP contribution in [0.5, 0.6) is 11.5 Å². The molecular formula is C19H14N2O7S2. The van der Waals surface area contributed by atoms with Crippen LogP contribution >= 0.6 is 24.0 Å². The third kappa shape index (κ3) is 3.98. The quantitative estimate of drug-likeness (QED) is 0.242. The van der Waals surface area contributed by atoms with E-state index in [4.69, 9.17) is 17.0 Å². The second-order valence-electron chi connectivity index (χ2n) is 5.90. The van der Waals surface area contributed by atoms with Crippen LogP contribution in [-0.2, 0) is 9.53 Å². The number of anilines is 1. The Bertz CT molecular complexity index is 1100. The summed E-state index contributed by atoms with van der Waals surface area (Å²) >= 11 is 6.32. The maximum atomic E-state index is 12.9. The Morgan fingerprint density at radius 3 is 2.50 bits per heavy atom. The third-order valence-electron chi connectivity index (χ3n) is 4.13. The molecule has 0 atom stereocenters. The molecule has 9 nitrogen and oxygen atoms in total. The number of nitro benzene ring substituents is 1. The normalized spacial score (nSPS) is 14.9. The first-order chi connectivity index (χ1) is 14.3. The minimum Gasteiger partial charge on any atom is -0.500 e. The zero-order valence-electron chi connectivity index (χ0n) is 15.6. The molecule has 1 N–H and O–H groups in total. The second kappa shape index (κ2) is 8.51. The van der Waals surface area contributed by atoms with Crippen molar-refractivity contribution in [2.75, 3.05) is 19.1 Å². The Hall–Kier alpha value is -3.44. The summed E-state index contributed by atoms with van der Waals surface area (Å²) in [5, 5.41) is 21.1. The lowest BCUT2D eigenvalue weighted by molar-refractivity contribution is -0.386. The number of amides is 1. The zero-order valence-corrected chi connectivity index (χ0v) is 17.3. The van der Waals surface area contributed by atoms with Crippen LogP contribution in [-0.4, -0.2) is 40.4 Å². The Kier molecular flexibility index (Phi) is 6.04. The van der Waals surface area contributed by atoms with Crippen LogP contribution in [0.1, 0.15) is 15.9 Å². The number of phenols is 1. The summed E-state index contributed by atoms with van der Waals surface area (Å²) in [6.07, 6.45) is 1.43. The average Bonchev–Trinajstić information content (AvgIpc) is 3.01. The van der Waals surface area contributed by atoms with Gasteiger partial charge in [0.15, 0.2) is 10.1 Å². The van der Waals surface area contributed by atoms with Crippen molar-refractivity contribution >= 4 is 57.6 Å². The van der Waals surface area contributed by atoms with Gasteiger partial charge in [0.2, 0.25) is 5.75 Å². The van der Waals surface area contributed by atoms with Crippen molar-refractivity contribution in [1.29, 1.82) is 0 Å². The van der Waals surface area contributed by atoms with Crippen LogP contribution in [0.4, 0.5) is 11.4 Å². The molecule has 2 aromatic carbocycles. The van der Waals surface area contributed by atoms with E-state index in [0.717, 1.165) is 17.8 Å². The van der Waals surface area contributed by atoms with Gasteiger partial charge in [-0.25, -0.2) is 4.79 Å². The largest absolute Gasteiger partial charge is 0.500 e. The van der Waals surface area contributed by atoms with Crippen molar-refractivity contribution < 1.29 is 29.1 Å². The second-order valence-corrected chi connectivity index (χ2v) is 7.58. The molecule has 1 amide bonds. The van der Waals surface area contributed by atoms with E-state index in [1.807, 2.05) is 0 Å². The van der Waals surface area contributed by atoms with Crippen LogP contribution in [0, 0.1) is 10.1 Å². The number of hydrogen-bond donors (Lipinski definition) is 1. The number of esters is 1. The zero-order chi connectivity index (χ0) is 22.0.